The fourth-order valence-corrected chi connectivity index (χ4v) is 1.32. The SMILES string of the molecule is O=C(COc1ccccc1)NCc1ccco1. The third-order valence-corrected chi connectivity index (χ3v) is 2.15. The topological polar surface area (TPSA) is 51.5 Å². The Balaban J connectivity index is 1.71. The molecule has 4 heteroatoms. The zero-order chi connectivity index (χ0) is 11.9. The number of carbonyl (C=O) groups is 1. The lowest BCUT2D eigenvalue weighted by molar-refractivity contribution is -0.123. The highest BCUT2D eigenvalue weighted by atomic mass is 16.5. The van der Waals surface area contributed by atoms with E-state index in [1.165, 1.54) is 0 Å². The molecule has 0 saturated carbocycles. The van der Waals surface area contributed by atoms with Gasteiger partial charge in [0.2, 0.25) is 0 Å². The molecule has 0 spiro atoms. The Morgan fingerprint density at radius 1 is 1.18 bits per heavy atom. The molecule has 0 fully saturated rings. The van der Waals surface area contributed by atoms with Crippen molar-refractivity contribution in [3.05, 3.63) is 54.5 Å². The minimum Gasteiger partial charge on any atom is -0.484 e. The van der Waals surface area contributed by atoms with Crippen LogP contribution in [0.25, 0.3) is 0 Å². The average molecular weight is 231 g/mol. The molecule has 1 heterocycles. The van der Waals surface area contributed by atoms with Crippen LogP contribution in [-0.4, -0.2) is 12.5 Å². The highest BCUT2D eigenvalue weighted by Gasteiger charge is 2.03. The lowest BCUT2D eigenvalue weighted by Gasteiger charge is -2.06. The third kappa shape index (κ3) is 3.68. The van der Waals surface area contributed by atoms with Gasteiger partial charge in [0.1, 0.15) is 11.5 Å². The van der Waals surface area contributed by atoms with Crippen LogP contribution in [0.3, 0.4) is 0 Å². The number of amides is 1. The number of rotatable bonds is 5. The van der Waals surface area contributed by atoms with Gasteiger partial charge in [-0.1, -0.05) is 18.2 Å². The second kappa shape index (κ2) is 5.75. The van der Waals surface area contributed by atoms with Gasteiger partial charge in [-0.2, -0.15) is 0 Å². The van der Waals surface area contributed by atoms with E-state index < -0.39 is 0 Å². The molecule has 0 aliphatic heterocycles. The Hall–Kier alpha value is -2.23. The molecule has 0 aliphatic carbocycles. The van der Waals surface area contributed by atoms with Gasteiger partial charge in [-0.15, -0.1) is 0 Å². The summed E-state index contributed by atoms with van der Waals surface area (Å²) in [6.07, 6.45) is 1.57. The van der Waals surface area contributed by atoms with Crippen LogP contribution in [0.4, 0.5) is 0 Å². The molecule has 0 radical (unpaired) electrons. The second-order valence-corrected chi connectivity index (χ2v) is 3.46. The Bertz CT molecular complexity index is 451. The van der Waals surface area contributed by atoms with Gasteiger partial charge in [-0.05, 0) is 24.3 Å². The summed E-state index contributed by atoms with van der Waals surface area (Å²) in [4.78, 5) is 11.4. The molecule has 0 saturated heterocycles. The highest BCUT2D eigenvalue weighted by molar-refractivity contribution is 5.77. The number of nitrogens with one attached hydrogen (secondary N) is 1. The maximum Gasteiger partial charge on any atom is 0.258 e. The van der Waals surface area contributed by atoms with Gasteiger partial charge in [0.25, 0.3) is 5.91 Å². The predicted molar refractivity (Wildman–Crippen MR) is 62.5 cm³/mol. The van der Waals surface area contributed by atoms with Crippen molar-refractivity contribution in [3.63, 3.8) is 0 Å². The van der Waals surface area contributed by atoms with Crippen LogP contribution in [0.5, 0.6) is 5.75 Å². The molecule has 1 amide bonds. The van der Waals surface area contributed by atoms with E-state index in [2.05, 4.69) is 5.32 Å². The van der Waals surface area contributed by atoms with Gasteiger partial charge < -0.3 is 14.5 Å². The minimum atomic E-state index is -0.176. The van der Waals surface area contributed by atoms with Gasteiger partial charge >= 0.3 is 0 Å². The van der Waals surface area contributed by atoms with E-state index >= 15 is 0 Å². The quantitative estimate of drug-likeness (QED) is 0.856. The van der Waals surface area contributed by atoms with E-state index in [-0.39, 0.29) is 12.5 Å². The third-order valence-electron chi connectivity index (χ3n) is 2.15. The van der Waals surface area contributed by atoms with Crippen molar-refractivity contribution in [3.8, 4) is 5.75 Å². The van der Waals surface area contributed by atoms with E-state index in [9.17, 15) is 4.79 Å². The summed E-state index contributed by atoms with van der Waals surface area (Å²) in [5.74, 6) is 1.23. The summed E-state index contributed by atoms with van der Waals surface area (Å²) < 4.78 is 10.4. The van der Waals surface area contributed by atoms with Crippen molar-refractivity contribution in [2.75, 3.05) is 6.61 Å². The zero-order valence-corrected chi connectivity index (χ0v) is 9.26. The lowest BCUT2D eigenvalue weighted by atomic mass is 10.3. The van der Waals surface area contributed by atoms with Crippen LogP contribution in [0.15, 0.2) is 53.1 Å². The highest BCUT2D eigenvalue weighted by Crippen LogP contribution is 2.07. The minimum absolute atomic E-state index is 0.00468. The molecule has 88 valence electrons. The molecular formula is C13H13NO3. The normalized spacial score (nSPS) is 9.88. The average Bonchev–Trinajstić information content (AvgIpc) is 2.88. The van der Waals surface area contributed by atoms with E-state index in [0.29, 0.717) is 12.3 Å². The number of hydrogen-bond acceptors (Lipinski definition) is 3. The van der Waals surface area contributed by atoms with Crippen molar-refractivity contribution in [2.24, 2.45) is 0 Å². The van der Waals surface area contributed by atoms with Crippen LogP contribution < -0.4 is 10.1 Å². The van der Waals surface area contributed by atoms with Gasteiger partial charge in [0, 0.05) is 0 Å². The summed E-state index contributed by atoms with van der Waals surface area (Å²) in [7, 11) is 0. The lowest BCUT2D eigenvalue weighted by Crippen LogP contribution is -2.28. The van der Waals surface area contributed by atoms with Gasteiger partial charge in [-0.25, -0.2) is 0 Å². The molecule has 1 aromatic heterocycles. The Morgan fingerprint density at radius 2 is 2.00 bits per heavy atom. The summed E-state index contributed by atoms with van der Waals surface area (Å²) >= 11 is 0. The van der Waals surface area contributed by atoms with Crippen molar-refractivity contribution in [2.45, 2.75) is 6.54 Å². The van der Waals surface area contributed by atoms with Crippen LogP contribution in [-0.2, 0) is 11.3 Å². The smallest absolute Gasteiger partial charge is 0.258 e. The fraction of sp³-hybridized carbons (Fsp3) is 0.154. The van der Waals surface area contributed by atoms with Gasteiger partial charge in [0.15, 0.2) is 6.61 Å². The van der Waals surface area contributed by atoms with Crippen LogP contribution in [0, 0.1) is 0 Å². The first kappa shape index (κ1) is 11.3. The zero-order valence-electron chi connectivity index (χ0n) is 9.26. The molecule has 0 unspecified atom stereocenters. The fourth-order valence-electron chi connectivity index (χ4n) is 1.32. The van der Waals surface area contributed by atoms with Crippen LogP contribution >= 0.6 is 0 Å². The van der Waals surface area contributed by atoms with E-state index in [4.69, 9.17) is 9.15 Å². The van der Waals surface area contributed by atoms with Gasteiger partial charge in [0.05, 0.1) is 12.8 Å². The molecule has 1 aromatic carbocycles. The maximum absolute atomic E-state index is 11.4. The number of carbonyl (C=O) groups excluding carboxylic acids is 1. The standard InChI is InChI=1S/C13H13NO3/c15-13(14-9-12-7-4-8-16-12)10-17-11-5-2-1-3-6-11/h1-8H,9-10H2,(H,14,15). The van der Waals surface area contributed by atoms with Crippen LogP contribution in [0.2, 0.25) is 0 Å². The molecule has 2 rings (SSSR count). The van der Waals surface area contributed by atoms with E-state index in [0.717, 1.165) is 5.76 Å². The molecule has 0 bridgehead atoms. The number of furan rings is 1. The van der Waals surface area contributed by atoms with Crippen LogP contribution in [0.1, 0.15) is 5.76 Å². The Labute approximate surface area is 99.2 Å². The molecule has 2 aromatic rings. The Kier molecular flexibility index (Phi) is 3.81. The monoisotopic (exact) mass is 231 g/mol. The van der Waals surface area contributed by atoms with E-state index in [1.807, 2.05) is 18.2 Å². The van der Waals surface area contributed by atoms with Crippen molar-refractivity contribution < 1.29 is 13.9 Å². The predicted octanol–water partition coefficient (Wildman–Crippen LogP) is 1.97. The molecule has 17 heavy (non-hydrogen) atoms. The second-order valence-electron chi connectivity index (χ2n) is 3.46. The summed E-state index contributed by atoms with van der Waals surface area (Å²) in [6, 6.07) is 12.8. The van der Waals surface area contributed by atoms with E-state index in [1.54, 1.807) is 30.5 Å². The summed E-state index contributed by atoms with van der Waals surface area (Å²) in [5, 5.41) is 2.70. The number of hydrogen-bond donors (Lipinski definition) is 1. The summed E-state index contributed by atoms with van der Waals surface area (Å²) in [6.45, 7) is 0.384. The molecule has 1 N–H and O–H groups in total. The Morgan fingerprint density at radius 3 is 2.71 bits per heavy atom. The number of para-hydroxylation sites is 1. The first-order valence-corrected chi connectivity index (χ1v) is 5.31. The van der Waals surface area contributed by atoms with Crippen molar-refractivity contribution >= 4 is 5.91 Å². The summed E-state index contributed by atoms with van der Waals surface area (Å²) in [5.41, 5.74) is 0. The van der Waals surface area contributed by atoms with Crippen molar-refractivity contribution in [1.29, 1.82) is 0 Å². The molecule has 4 nitrogen and oxygen atoms in total. The van der Waals surface area contributed by atoms with Gasteiger partial charge in [-0.3, -0.25) is 4.79 Å². The molecule has 0 atom stereocenters. The van der Waals surface area contributed by atoms with Crippen molar-refractivity contribution in [1.82, 2.24) is 5.32 Å². The largest absolute Gasteiger partial charge is 0.484 e. The molecular weight excluding hydrogens is 218 g/mol. The first-order chi connectivity index (χ1) is 8.34. The molecule has 0 aliphatic rings. The number of ether oxygens (including phenoxy) is 1. The number of benzene rings is 1. The maximum atomic E-state index is 11.4. The first-order valence-electron chi connectivity index (χ1n) is 5.31.